The van der Waals surface area contributed by atoms with E-state index in [9.17, 15) is 14.4 Å². The van der Waals surface area contributed by atoms with Crippen molar-refractivity contribution in [3.8, 4) is 0 Å². The molecule has 1 N–H and O–H groups in total. The monoisotopic (exact) mass is 317 g/mol. The van der Waals surface area contributed by atoms with Crippen molar-refractivity contribution in [2.24, 2.45) is 0 Å². The SMILES string of the molecule is CC[C@@H](C)NC(=O)c1ccc(CN2CCN(C)C(=O)C2=O)cc1. The minimum absolute atomic E-state index is 0.100. The first kappa shape index (κ1) is 17.0. The molecule has 124 valence electrons. The summed E-state index contributed by atoms with van der Waals surface area (Å²) in [5, 5.41) is 2.91. The summed E-state index contributed by atoms with van der Waals surface area (Å²) < 4.78 is 0. The van der Waals surface area contributed by atoms with Crippen LogP contribution in [0.25, 0.3) is 0 Å². The number of piperazine rings is 1. The van der Waals surface area contributed by atoms with Gasteiger partial charge in [-0.3, -0.25) is 14.4 Å². The number of hydrogen-bond donors (Lipinski definition) is 1. The number of rotatable bonds is 5. The molecule has 1 saturated heterocycles. The Balaban J connectivity index is 1.99. The smallest absolute Gasteiger partial charge is 0.312 e. The fourth-order valence-electron chi connectivity index (χ4n) is 2.31. The molecule has 1 aromatic rings. The molecule has 1 atom stereocenters. The molecule has 0 saturated carbocycles. The summed E-state index contributed by atoms with van der Waals surface area (Å²) in [5.74, 6) is -1.05. The Kier molecular flexibility index (Phi) is 5.36. The largest absolute Gasteiger partial charge is 0.350 e. The average Bonchev–Trinajstić information content (AvgIpc) is 2.55. The first-order chi connectivity index (χ1) is 10.9. The predicted molar refractivity (Wildman–Crippen MR) is 86.7 cm³/mol. The lowest BCUT2D eigenvalue weighted by molar-refractivity contribution is -0.155. The highest BCUT2D eigenvalue weighted by atomic mass is 16.2. The molecule has 0 spiro atoms. The van der Waals surface area contributed by atoms with Crippen LogP contribution >= 0.6 is 0 Å². The van der Waals surface area contributed by atoms with E-state index in [1.54, 1.807) is 19.2 Å². The summed E-state index contributed by atoms with van der Waals surface area (Å²) in [6.45, 7) is 5.42. The molecule has 6 nitrogen and oxygen atoms in total. The topological polar surface area (TPSA) is 69.7 Å². The molecule has 1 aliphatic rings. The number of carbonyl (C=O) groups is 3. The molecule has 1 aliphatic heterocycles. The molecular formula is C17H23N3O3. The Morgan fingerprint density at radius 2 is 1.83 bits per heavy atom. The van der Waals surface area contributed by atoms with Gasteiger partial charge in [0.05, 0.1) is 0 Å². The van der Waals surface area contributed by atoms with Crippen LogP contribution < -0.4 is 5.32 Å². The van der Waals surface area contributed by atoms with Gasteiger partial charge in [-0.2, -0.15) is 0 Å². The van der Waals surface area contributed by atoms with Crippen molar-refractivity contribution in [2.75, 3.05) is 20.1 Å². The van der Waals surface area contributed by atoms with E-state index >= 15 is 0 Å². The van der Waals surface area contributed by atoms with Gasteiger partial charge in [0.1, 0.15) is 0 Å². The summed E-state index contributed by atoms with van der Waals surface area (Å²) in [4.78, 5) is 38.6. The lowest BCUT2D eigenvalue weighted by Gasteiger charge is -2.31. The highest BCUT2D eigenvalue weighted by molar-refractivity contribution is 6.35. The van der Waals surface area contributed by atoms with E-state index in [1.807, 2.05) is 26.0 Å². The van der Waals surface area contributed by atoms with E-state index in [2.05, 4.69) is 5.32 Å². The standard InChI is InChI=1S/C17H23N3O3/c1-4-12(2)18-15(21)14-7-5-13(6-8-14)11-20-10-9-19(3)16(22)17(20)23/h5-8,12H,4,9-11H2,1-3H3,(H,18,21)/t12-/m1/s1. The maximum Gasteiger partial charge on any atom is 0.312 e. The second-order valence-corrected chi connectivity index (χ2v) is 5.93. The highest BCUT2D eigenvalue weighted by Gasteiger charge is 2.30. The Hall–Kier alpha value is -2.37. The van der Waals surface area contributed by atoms with Gasteiger partial charge in [0.25, 0.3) is 5.91 Å². The van der Waals surface area contributed by atoms with E-state index in [-0.39, 0.29) is 11.9 Å². The molecule has 0 bridgehead atoms. The summed E-state index contributed by atoms with van der Waals surface area (Å²) in [5.41, 5.74) is 1.49. The maximum absolute atomic E-state index is 12.0. The van der Waals surface area contributed by atoms with Gasteiger partial charge in [-0.1, -0.05) is 19.1 Å². The molecule has 0 radical (unpaired) electrons. The van der Waals surface area contributed by atoms with E-state index < -0.39 is 11.8 Å². The summed E-state index contributed by atoms with van der Waals surface area (Å²) >= 11 is 0. The summed E-state index contributed by atoms with van der Waals surface area (Å²) in [6.07, 6.45) is 0.878. The highest BCUT2D eigenvalue weighted by Crippen LogP contribution is 2.11. The van der Waals surface area contributed by atoms with E-state index in [0.717, 1.165) is 12.0 Å². The van der Waals surface area contributed by atoms with Crippen molar-refractivity contribution in [2.45, 2.75) is 32.9 Å². The van der Waals surface area contributed by atoms with Crippen molar-refractivity contribution < 1.29 is 14.4 Å². The van der Waals surface area contributed by atoms with Gasteiger partial charge in [-0.05, 0) is 31.0 Å². The zero-order valence-electron chi connectivity index (χ0n) is 13.8. The van der Waals surface area contributed by atoms with Crippen molar-refractivity contribution in [3.05, 3.63) is 35.4 Å². The number of benzene rings is 1. The van der Waals surface area contributed by atoms with Gasteiger partial charge in [-0.15, -0.1) is 0 Å². The Morgan fingerprint density at radius 3 is 2.43 bits per heavy atom. The molecule has 1 heterocycles. The molecule has 3 amide bonds. The molecule has 23 heavy (non-hydrogen) atoms. The third kappa shape index (κ3) is 4.09. The zero-order valence-corrected chi connectivity index (χ0v) is 13.8. The fraction of sp³-hybridized carbons (Fsp3) is 0.471. The van der Waals surface area contributed by atoms with Crippen LogP contribution in [0.1, 0.15) is 36.2 Å². The average molecular weight is 317 g/mol. The normalized spacial score (nSPS) is 16.5. The minimum atomic E-state index is -0.475. The first-order valence-corrected chi connectivity index (χ1v) is 7.86. The Labute approximate surface area is 136 Å². The van der Waals surface area contributed by atoms with Crippen molar-refractivity contribution in [1.82, 2.24) is 15.1 Å². The predicted octanol–water partition coefficient (Wildman–Crippen LogP) is 1.02. The molecule has 6 heteroatoms. The molecule has 0 aromatic heterocycles. The van der Waals surface area contributed by atoms with Gasteiger partial charge in [0.2, 0.25) is 0 Å². The number of carbonyl (C=O) groups excluding carboxylic acids is 3. The molecule has 0 aliphatic carbocycles. The second-order valence-electron chi connectivity index (χ2n) is 5.93. The Morgan fingerprint density at radius 1 is 1.17 bits per heavy atom. The number of amides is 3. The maximum atomic E-state index is 12.0. The fourth-order valence-corrected chi connectivity index (χ4v) is 2.31. The number of hydrogen-bond acceptors (Lipinski definition) is 3. The lowest BCUT2D eigenvalue weighted by atomic mass is 10.1. The molecule has 0 unspecified atom stereocenters. The van der Waals surface area contributed by atoms with Crippen molar-refractivity contribution in [3.63, 3.8) is 0 Å². The first-order valence-electron chi connectivity index (χ1n) is 7.86. The van der Waals surface area contributed by atoms with Crippen LogP contribution in [-0.2, 0) is 16.1 Å². The number of likely N-dealkylation sites (N-methyl/N-ethyl adjacent to an activating group) is 1. The molecule has 1 aromatic carbocycles. The third-order valence-corrected chi connectivity index (χ3v) is 4.10. The van der Waals surface area contributed by atoms with Crippen LogP contribution in [0.4, 0.5) is 0 Å². The van der Waals surface area contributed by atoms with Crippen LogP contribution in [0, 0.1) is 0 Å². The zero-order chi connectivity index (χ0) is 17.0. The van der Waals surface area contributed by atoms with Gasteiger partial charge >= 0.3 is 11.8 Å². The Bertz CT molecular complexity index is 598. The molecule has 1 fully saturated rings. The van der Waals surface area contributed by atoms with Gasteiger partial charge in [0.15, 0.2) is 0 Å². The molecular weight excluding hydrogens is 294 g/mol. The number of nitrogens with zero attached hydrogens (tertiary/aromatic N) is 2. The van der Waals surface area contributed by atoms with E-state index in [0.29, 0.717) is 25.2 Å². The summed E-state index contributed by atoms with van der Waals surface area (Å²) in [6, 6.07) is 7.27. The minimum Gasteiger partial charge on any atom is -0.350 e. The molecule has 2 rings (SSSR count). The van der Waals surface area contributed by atoms with Crippen LogP contribution in [-0.4, -0.2) is 53.7 Å². The second kappa shape index (κ2) is 7.26. The van der Waals surface area contributed by atoms with E-state index in [1.165, 1.54) is 9.80 Å². The van der Waals surface area contributed by atoms with E-state index in [4.69, 9.17) is 0 Å². The van der Waals surface area contributed by atoms with Crippen LogP contribution in [0.2, 0.25) is 0 Å². The number of nitrogens with one attached hydrogen (secondary N) is 1. The van der Waals surface area contributed by atoms with Crippen LogP contribution in [0.15, 0.2) is 24.3 Å². The quantitative estimate of drug-likeness (QED) is 0.824. The van der Waals surface area contributed by atoms with Crippen LogP contribution in [0.5, 0.6) is 0 Å². The van der Waals surface area contributed by atoms with Crippen molar-refractivity contribution in [1.29, 1.82) is 0 Å². The van der Waals surface area contributed by atoms with Crippen molar-refractivity contribution >= 4 is 17.7 Å². The summed E-state index contributed by atoms with van der Waals surface area (Å²) in [7, 11) is 1.63. The van der Waals surface area contributed by atoms with Gasteiger partial charge in [0, 0.05) is 38.3 Å². The third-order valence-electron chi connectivity index (χ3n) is 4.10. The lowest BCUT2D eigenvalue weighted by Crippen LogP contribution is -2.52. The van der Waals surface area contributed by atoms with Crippen LogP contribution in [0.3, 0.4) is 0 Å². The van der Waals surface area contributed by atoms with Gasteiger partial charge in [-0.25, -0.2) is 0 Å². The van der Waals surface area contributed by atoms with Gasteiger partial charge < -0.3 is 15.1 Å².